The summed E-state index contributed by atoms with van der Waals surface area (Å²) in [7, 11) is 0. The molecule has 0 radical (unpaired) electrons. The van der Waals surface area contributed by atoms with Crippen molar-refractivity contribution in [1.82, 2.24) is 10.9 Å². The fourth-order valence-corrected chi connectivity index (χ4v) is 2.02. The normalized spacial score (nSPS) is 19.6. The van der Waals surface area contributed by atoms with Crippen LogP contribution in [0.1, 0.15) is 36.7 Å². The highest BCUT2D eigenvalue weighted by molar-refractivity contribution is 9.10. The number of nitrogens with one attached hydrogen (secondary N) is 2. The van der Waals surface area contributed by atoms with Crippen LogP contribution in [0, 0.1) is 5.92 Å². The average molecular weight is 299 g/mol. The molecule has 1 heterocycles. The molecule has 1 unspecified atom stereocenters. The Labute approximate surface area is 109 Å². The number of carbonyl (C=O) groups excluding carboxylic acids is 1. The Kier molecular flexibility index (Phi) is 3.89. The van der Waals surface area contributed by atoms with Gasteiger partial charge in [0.15, 0.2) is 10.4 Å². The Morgan fingerprint density at radius 2 is 2.35 bits per heavy atom. The van der Waals surface area contributed by atoms with Crippen LogP contribution in [-0.2, 0) is 0 Å². The molecule has 4 nitrogen and oxygen atoms in total. The first-order valence-corrected chi connectivity index (χ1v) is 6.45. The van der Waals surface area contributed by atoms with Gasteiger partial charge in [0.25, 0.3) is 0 Å². The highest BCUT2D eigenvalue weighted by atomic mass is 79.9. The van der Waals surface area contributed by atoms with Crippen molar-refractivity contribution in [2.75, 3.05) is 0 Å². The molecule has 1 aliphatic carbocycles. The molecule has 1 atom stereocenters. The van der Waals surface area contributed by atoms with Crippen LogP contribution in [0.25, 0.3) is 0 Å². The predicted molar refractivity (Wildman–Crippen MR) is 68.1 cm³/mol. The quantitative estimate of drug-likeness (QED) is 0.844. The van der Waals surface area contributed by atoms with Crippen LogP contribution in [0.5, 0.6) is 0 Å². The molecule has 0 bridgehead atoms. The third kappa shape index (κ3) is 3.36. The summed E-state index contributed by atoms with van der Waals surface area (Å²) >= 11 is 3.16. The van der Waals surface area contributed by atoms with E-state index < -0.39 is 0 Å². The first-order valence-electron chi connectivity index (χ1n) is 5.66. The maximum Gasteiger partial charge on any atom is 0.305 e. The van der Waals surface area contributed by atoms with Crippen LogP contribution in [-0.4, -0.2) is 5.91 Å². The summed E-state index contributed by atoms with van der Waals surface area (Å²) in [4.78, 5) is 11.6. The van der Waals surface area contributed by atoms with Gasteiger partial charge < -0.3 is 9.84 Å². The SMILES string of the molecule is CC1CC=C(NNC(=O)c2ccc(Br)o2)CC1. The molecule has 2 rings (SSSR count). The van der Waals surface area contributed by atoms with E-state index in [-0.39, 0.29) is 11.7 Å². The summed E-state index contributed by atoms with van der Waals surface area (Å²) in [5.74, 6) is 0.752. The Bertz CT molecular complexity index is 439. The zero-order chi connectivity index (χ0) is 12.3. The minimum Gasteiger partial charge on any atom is -0.444 e. The zero-order valence-electron chi connectivity index (χ0n) is 9.63. The van der Waals surface area contributed by atoms with Crippen molar-refractivity contribution >= 4 is 21.8 Å². The summed E-state index contributed by atoms with van der Waals surface area (Å²) in [6.45, 7) is 2.23. The molecule has 1 aromatic heterocycles. The van der Waals surface area contributed by atoms with Crippen LogP contribution >= 0.6 is 15.9 Å². The molecule has 0 aliphatic heterocycles. The molecule has 0 saturated carbocycles. The second-order valence-corrected chi connectivity index (χ2v) is 5.07. The third-order valence-electron chi connectivity index (χ3n) is 2.81. The van der Waals surface area contributed by atoms with Crippen molar-refractivity contribution in [2.45, 2.75) is 26.2 Å². The number of halogens is 1. The van der Waals surface area contributed by atoms with Crippen molar-refractivity contribution in [1.29, 1.82) is 0 Å². The van der Waals surface area contributed by atoms with Gasteiger partial charge >= 0.3 is 5.91 Å². The van der Waals surface area contributed by atoms with E-state index in [0.29, 0.717) is 4.67 Å². The summed E-state index contributed by atoms with van der Waals surface area (Å²) in [6, 6.07) is 3.31. The molecule has 0 aromatic carbocycles. The number of hydrogen-bond donors (Lipinski definition) is 2. The molecule has 92 valence electrons. The smallest absolute Gasteiger partial charge is 0.305 e. The Hall–Kier alpha value is -1.23. The van der Waals surface area contributed by atoms with E-state index >= 15 is 0 Å². The van der Waals surface area contributed by atoms with Crippen molar-refractivity contribution in [3.05, 3.63) is 34.3 Å². The number of amides is 1. The van der Waals surface area contributed by atoms with Crippen LogP contribution in [0.3, 0.4) is 0 Å². The predicted octanol–water partition coefficient (Wildman–Crippen LogP) is 2.98. The summed E-state index contributed by atoms with van der Waals surface area (Å²) in [6.07, 6.45) is 5.32. The van der Waals surface area contributed by atoms with Gasteiger partial charge in [-0.2, -0.15) is 0 Å². The number of carbonyl (C=O) groups is 1. The molecule has 1 aromatic rings. The molecule has 0 spiro atoms. The topological polar surface area (TPSA) is 54.3 Å². The monoisotopic (exact) mass is 298 g/mol. The largest absolute Gasteiger partial charge is 0.444 e. The van der Waals surface area contributed by atoms with Gasteiger partial charge in [0.2, 0.25) is 0 Å². The molecule has 5 heteroatoms. The first kappa shape index (κ1) is 12.2. The lowest BCUT2D eigenvalue weighted by molar-refractivity contribution is 0.0908. The van der Waals surface area contributed by atoms with Crippen LogP contribution in [0.4, 0.5) is 0 Å². The molecule has 1 amide bonds. The van der Waals surface area contributed by atoms with Gasteiger partial charge in [-0.1, -0.05) is 13.0 Å². The number of hydrazine groups is 1. The molecular weight excluding hydrogens is 284 g/mol. The number of allylic oxidation sites excluding steroid dienone is 2. The van der Waals surface area contributed by atoms with Gasteiger partial charge in [0.1, 0.15) is 0 Å². The lowest BCUT2D eigenvalue weighted by atomic mass is 9.95. The fourth-order valence-electron chi connectivity index (χ4n) is 1.71. The summed E-state index contributed by atoms with van der Waals surface area (Å²) in [5.41, 5.74) is 6.63. The van der Waals surface area contributed by atoms with Gasteiger partial charge in [-0.3, -0.25) is 10.2 Å². The lowest BCUT2D eigenvalue weighted by Crippen LogP contribution is -2.37. The Morgan fingerprint density at radius 1 is 1.53 bits per heavy atom. The van der Waals surface area contributed by atoms with Gasteiger partial charge in [0.05, 0.1) is 0 Å². The molecule has 1 aliphatic rings. The molecule has 0 saturated heterocycles. The highest BCUT2D eigenvalue weighted by Gasteiger charge is 2.12. The average Bonchev–Trinajstić information content (AvgIpc) is 2.75. The second-order valence-electron chi connectivity index (χ2n) is 4.29. The van der Waals surface area contributed by atoms with Crippen LogP contribution in [0.2, 0.25) is 0 Å². The Balaban J connectivity index is 1.84. The second kappa shape index (κ2) is 5.40. The summed E-state index contributed by atoms with van der Waals surface area (Å²) < 4.78 is 5.70. The maximum atomic E-state index is 11.6. The van der Waals surface area contributed by atoms with E-state index in [0.717, 1.165) is 30.9 Å². The van der Waals surface area contributed by atoms with Gasteiger partial charge in [0, 0.05) is 5.70 Å². The number of rotatable bonds is 3. The van der Waals surface area contributed by atoms with E-state index in [2.05, 4.69) is 39.8 Å². The lowest BCUT2D eigenvalue weighted by Gasteiger charge is -2.19. The minimum atomic E-state index is -0.268. The maximum absolute atomic E-state index is 11.6. The zero-order valence-corrected chi connectivity index (χ0v) is 11.2. The van der Waals surface area contributed by atoms with Crippen LogP contribution < -0.4 is 10.9 Å². The van der Waals surface area contributed by atoms with E-state index in [1.165, 1.54) is 0 Å². The fraction of sp³-hybridized carbons (Fsp3) is 0.417. The minimum absolute atomic E-state index is 0.268. The van der Waals surface area contributed by atoms with E-state index in [9.17, 15) is 4.79 Å². The van der Waals surface area contributed by atoms with Gasteiger partial charge in [-0.25, -0.2) is 0 Å². The number of furan rings is 1. The van der Waals surface area contributed by atoms with E-state index in [4.69, 9.17) is 4.42 Å². The van der Waals surface area contributed by atoms with E-state index in [1.54, 1.807) is 12.1 Å². The number of hydrogen-bond acceptors (Lipinski definition) is 3. The van der Waals surface area contributed by atoms with Crippen molar-refractivity contribution in [2.24, 2.45) is 5.92 Å². The van der Waals surface area contributed by atoms with Crippen molar-refractivity contribution in [3.63, 3.8) is 0 Å². The molecule has 17 heavy (non-hydrogen) atoms. The van der Waals surface area contributed by atoms with Crippen LogP contribution in [0.15, 0.2) is 33.0 Å². The van der Waals surface area contributed by atoms with Crippen molar-refractivity contribution in [3.8, 4) is 0 Å². The van der Waals surface area contributed by atoms with Gasteiger partial charge in [-0.15, -0.1) is 0 Å². The standard InChI is InChI=1S/C12H15BrN2O2/c1-8-2-4-9(5-3-8)14-15-12(16)10-6-7-11(13)17-10/h4,6-8,14H,2-3,5H2,1H3,(H,15,16). The summed E-state index contributed by atoms with van der Waals surface area (Å²) in [5, 5.41) is 0. The molecule has 0 fully saturated rings. The highest BCUT2D eigenvalue weighted by Crippen LogP contribution is 2.20. The first-order chi connectivity index (χ1) is 8.15. The Morgan fingerprint density at radius 3 is 2.94 bits per heavy atom. The van der Waals surface area contributed by atoms with Gasteiger partial charge in [-0.05, 0) is 53.2 Å². The molecule has 2 N–H and O–H groups in total. The van der Waals surface area contributed by atoms with E-state index in [1.807, 2.05) is 0 Å². The third-order valence-corrected chi connectivity index (χ3v) is 3.23. The van der Waals surface area contributed by atoms with Crippen molar-refractivity contribution < 1.29 is 9.21 Å². The molecular formula is C12H15BrN2O2.